The van der Waals surface area contributed by atoms with E-state index in [0.29, 0.717) is 23.5 Å². The number of hydrogen-bond donors (Lipinski definition) is 2. The van der Waals surface area contributed by atoms with Gasteiger partial charge in [0.25, 0.3) is 5.56 Å². The number of likely N-dealkylation sites (N-methyl/N-ethyl adjacent to an activating group) is 1. The number of carbonyl (C=O) groups is 1. The summed E-state index contributed by atoms with van der Waals surface area (Å²) in [7, 11) is 3.07. The monoisotopic (exact) mass is 378 g/mol. The zero-order chi connectivity index (χ0) is 19.9. The molecule has 1 saturated heterocycles. The van der Waals surface area contributed by atoms with Crippen LogP contribution in [-0.4, -0.2) is 57.2 Å². The molecule has 2 aromatic rings. The summed E-state index contributed by atoms with van der Waals surface area (Å²) in [5.41, 5.74) is -0.139. The van der Waals surface area contributed by atoms with Gasteiger partial charge in [0.05, 0.1) is 12.6 Å². The summed E-state index contributed by atoms with van der Waals surface area (Å²) < 4.78 is 4.21. The molecule has 3 heterocycles. The van der Waals surface area contributed by atoms with Gasteiger partial charge in [0, 0.05) is 14.1 Å². The number of piperazine rings is 1. The molecule has 0 amide bonds. The number of fused-ring (bicyclic) bond motifs is 1. The van der Waals surface area contributed by atoms with Crippen LogP contribution in [0, 0.1) is 0 Å². The van der Waals surface area contributed by atoms with E-state index in [9.17, 15) is 14.4 Å². The van der Waals surface area contributed by atoms with E-state index in [2.05, 4.69) is 11.9 Å². The molecule has 9 nitrogen and oxygen atoms in total. The van der Waals surface area contributed by atoms with Crippen molar-refractivity contribution in [1.29, 1.82) is 0 Å². The number of carbonyl (C=O) groups excluding carboxylic acids is 1. The number of Topliss-reactive ketones (excluding diaryl/α,β-unsaturated/α-hetero) is 1. The van der Waals surface area contributed by atoms with Crippen LogP contribution in [0.2, 0.25) is 0 Å². The van der Waals surface area contributed by atoms with Gasteiger partial charge in [-0.25, -0.2) is 9.78 Å². The molecule has 1 fully saturated rings. The molecule has 1 aliphatic rings. The molecule has 3 rings (SSSR count). The molecular weight excluding hydrogens is 348 g/mol. The third-order valence-corrected chi connectivity index (χ3v) is 5.91. The lowest BCUT2D eigenvalue weighted by Gasteiger charge is -2.29. The third kappa shape index (κ3) is 3.37. The Labute approximate surface area is 157 Å². The van der Waals surface area contributed by atoms with Gasteiger partial charge < -0.3 is 14.4 Å². The number of nitrogens with zero attached hydrogens (tertiary/aromatic N) is 4. The highest BCUT2D eigenvalue weighted by Gasteiger charge is 2.28. The van der Waals surface area contributed by atoms with Crippen LogP contribution in [0.25, 0.3) is 11.2 Å². The van der Waals surface area contributed by atoms with Crippen molar-refractivity contribution in [2.45, 2.75) is 33.4 Å². The van der Waals surface area contributed by atoms with E-state index >= 15 is 0 Å². The standard InChI is InChI=1S/C18H28N6O3/c1-6-22-7-9-23(10-8-22)11-14-19-16-15(24(14)12(2)13(3)25)17(26)21(5)18(27)20(16)4/h12H,6-11H2,1-5H3/p+2. The second-order valence-electron chi connectivity index (χ2n) is 7.59. The van der Waals surface area contributed by atoms with Crippen molar-refractivity contribution in [3.8, 4) is 0 Å². The van der Waals surface area contributed by atoms with Crippen molar-refractivity contribution < 1.29 is 14.6 Å². The van der Waals surface area contributed by atoms with Crippen molar-refractivity contribution in [2.24, 2.45) is 14.1 Å². The fourth-order valence-corrected chi connectivity index (χ4v) is 3.89. The van der Waals surface area contributed by atoms with Gasteiger partial charge in [0.15, 0.2) is 22.8 Å². The molecule has 1 aliphatic heterocycles. The molecule has 0 radical (unpaired) electrons. The number of hydrogen-bond acceptors (Lipinski definition) is 4. The summed E-state index contributed by atoms with van der Waals surface area (Å²) in [6.45, 7) is 11.5. The zero-order valence-electron chi connectivity index (χ0n) is 16.8. The van der Waals surface area contributed by atoms with E-state index in [-0.39, 0.29) is 5.78 Å². The molecule has 0 aliphatic carbocycles. The number of rotatable bonds is 5. The summed E-state index contributed by atoms with van der Waals surface area (Å²) in [5.74, 6) is 0.655. The SMILES string of the molecule is CC[NH+]1CC[NH+](Cc2nc3c(c(=O)n(C)c(=O)n3C)n2C(C)C(C)=O)CC1. The molecule has 0 saturated carbocycles. The minimum atomic E-state index is -0.503. The quantitative estimate of drug-likeness (QED) is 0.577. The van der Waals surface area contributed by atoms with E-state index in [1.165, 1.54) is 23.4 Å². The van der Waals surface area contributed by atoms with Crippen molar-refractivity contribution in [2.75, 3.05) is 32.7 Å². The van der Waals surface area contributed by atoms with Gasteiger partial charge in [-0.15, -0.1) is 0 Å². The predicted octanol–water partition coefficient (Wildman–Crippen LogP) is -3.11. The zero-order valence-corrected chi connectivity index (χ0v) is 16.8. The first-order valence-electron chi connectivity index (χ1n) is 9.60. The largest absolute Gasteiger partial charge is 0.332 e. The molecule has 0 aromatic carbocycles. The second-order valence-corrected chi connectivity index (χ2v) is 7.59. The van der Waals surface area contributed by atoms with Crippen LogP contribution in [0.3, 0.4) is 0 Å². The summed E-state index contributed by atoms with van der Waals surface area (Å²) >= 11 is 0. The highest BCUT2D eigenvalue weighted by atomic mass is 16.2. The molecule has 2 N–H and O–H groups in total. The minimum Gasteiger partial charge on any atom is -0.326 e. The van der Waals surface area contributed by atoms with Crippen LogP contribution >= 0.6 is 0 Å². The van der Waals surface area contributed by atoms with Gasteiger partial charge in [0.2, 0.25) is 0 Å². The van der Waals surface area contributed by atoms with Crippen LogP contribution in [0.4, 0.5) is 0 Å². The Balaban J connectivity index is 2.12. The van der Waals surface area contributed by atoms with Crippen LogP contribution in [0.1, 0.15) is 32.6 Å². The third-order valence-electron chi connectivity index (χ3n) is 5.91. The molecule has 1 atom stereocenters. The van der Waals surface area contributed by atoms with Crippen molar-refractivity contribution in [1.82, 2.24) is 18.7 Å². The number of aromatic nitrogens is 4. The van der Waals surface area contributed by atoms with Gasteiger partial charge in [-0.05, 0) is 20.8 Å². The van der Waals surface area contributed by atoms with Gasteiger partial charge in [-0.2, -0.15) is 0 Å². The second kappa shape index (κ2) is 7.40. The molecule has 148 valence electrons. The fourth-order valence-electron chi connectivity index (χ4n) is 3.89. The lowest BCUT2D eigenvalue weighted by Crippen LogP contribution is -3.27. The van der Waals surface area contributed by atoms with E-state index < -0.39 is 17.3 Å². The Morgan fingerprint density at radius 3 is 2.26 bits per heavy atom. The molecule has 0 bridgehead atoms. The minimum absolute atomic E-state index is 0.0401. The first-order valence-corrected chi connectivity index (χ1v) is 9.60. The molecule has 27 heavy (non-hydrogen) atoms. The van der Waals surface area contributed by atoms with Crippen LogP contribution < -0.4 is 21.0 Å². The summed E-state index contributed by atoms with van der Waals surface area (Å²) in [6, 6.07) is -0.503. The van der Waals surface area contributed by atoms with Crippen molar-refractivity contribution in [3.63, 3.8) is 0 Å². The topological polar surface area (TPSA) is 87.8 Å². The Hall–Kier alpha value is -2.26. The molecule has 9 heteroatoms. The maximum Gasteiger partial charge on any atom is 0.332 e. The van der Waals surface area contributed by atoms with Gasteiger partial charge in [-0.3, -0.25) is 18.7 Å². The van der Waals surface area contributed by atoms with Crippen molar-refractivity contribution >= 4 is 16.9 Å². The highest BCUT2D eigenvalue weighted by molar-refractivity contribution is 5.82. The molecule has 2 aromatic heterocycles. The van der Waals surface area contributed by atoms with Crippen LogP contribution in [0.5, 0.6) is 0 Å². The lowest BCUT2D eigenvalue weighted by molar-refractivity contribution is -1.02. The number of quaternary nitrogens is 2. The summed E-state index contributed by atoms with van der Waals surface area (Å²) in [4.78, 5) is 44.8. The van der Waals surface area contributed by atoms with Crippen LogP contribution in [-0.2, 0) is 25.4 Å². The number of nitrogens with one attached hydrogen (secondary N) is 2. The first kappa shape index (κ1) is 19.5. The Morgan fingerprint density at radius 2 is 1.70 bits per heavy atom. The Bertz CT molecular complexity index is 978. The molecular formula is C18H30N6O3+2. The highest BCUT2D eigenvalue weighted by Crippen LogP contribution is 2.18. The van der Waals surface area contributed by atoms with Crippen molar-refractivity contribution in [3.05, 3.63) is 26.7 Å². The first-order chi connectivity index (χ1) is 12.8. The van der Waals surface area contributed by atoms with E-state index in [1.54, 1.807) is 23.4 Å². The predicted molar refractivity (Wildman–Crippen MR) is 101 cm³/mol. The Kier molecular flexibility index (Phi) is 5.34. The summed E-state index contributed by atoms with van der Waals surface area (Å²) in [6.07, 6.45) is 0. The number of ketones is 1. The lowest BCUT2D eigenvalue weighted by atomic mass is 10.2. The average molecular weight is 378 g/mol. The maximum absolute atomic E-state index is 12.8. The Morgan fingerprint density at radius 1 is 1.11 bits per heavy atom. The molecule has 0 spiro atoms. The fraction of sp³-hybridized carbons (Fsp3) is 0.667. The maximum atomic E-state index is 12.8. The van der Waals surface area contributed by atoms with E-state index in [0.717, 1.165) is 37.3 Å². The molecule has 1 unspecified atom stereocenters. The smallest absolute Gasteiger partial charge is 0.326 e. The number of aryl methyl sites for hydroxylation is 1. The van der Waals surface area contributed by atoms with Gasteiger partial charge >= 0.3 is 5.69 Å². The normalized spacial score (nSPS) is 21.5. The van der Waals surface area contributed by atoms with E-state index in [4.69, 9.17) is 0 Å². The van der Waals surface area contributed by atoms with Crippen LogP contribution in [0.15, 0.2) is 9.59 Å². The van der Waals surface area contributed by atoms with Gasteiger partial charge in [-0.1, -0.05) is 0 Å². The average Bonchev–Trinajstić information content (AvgIpc) is 3.03. The summed E-state index contributed by atoms with van der Waals surface area (Å²) in [5, 5.41) is 0. The number of imidazole rings is 1. The van der Waals surface area contributed by atoms with E-state index in [1.807, 2.05) is 0 Å². The van der Waals surface area contributed by atoms with Gasteiger partial charge in [0.1, 0.15) is 32.7 Å².